The molecule has 0 radical (unpaired) electrons. The maximum atomic E-state index is 12.4. The Balaban J connectivity index is 1.59. The molecule has 2 fully saturated rings. The van der Waals surface area contributed by atoms with Gasteiger partial charge in [-0.15, -0.1) is 0 Å². The van der Waals surface area contributed by atoms with E-state index in [1.807, 2.05) is 18.2 Å². The molecule has 2 aliphatic rings. The second kappa shape index (κ2) is 7.02. The highest BCUT2D eigenvalue weighted by Gasteiger charge is 2.24. The second-order valence-electron chi connectivity index (χ2n) is 6.54. The Morgan fingerprint density at radius 2 is 2.04 bits per heavy atom. The Morgan fingerprint density at radius 1 is 1.26 bits per heavy atom. The summed E-state index contributed by atoms with van der Waals surface area (Å²) in [5, 5.41) is 3.02. The molecule has 1 aliphatic heterocycles. The van der Waals surface area contributed by atoms with E-state index in [4.69, 9.17) is 4.74 Å². The Kier molecular flexibility index (Phi) is 4.84. The number of piperidine rings is 1. The highest BCUT2D eigenvalue weighted by atomic mass is 16.5. The summed E-state index contributed by atoms with van der Waals surface area (Å²) in [5.74, 6) is 0.803. The van der Waals surface area contributed by atoms with Gasteiger partial charge in [-0.25, -0.2) is 0 Å². The van der Waals surface area contributed by atoms with Gasteiger partial charge in [-0.2, -0.15) is 0 Å². The van der Waals surface area contributed by atoms with Crippen LogP contribution in [0.2, 0.25) is 0 Å². The van der Waals surface area contributed by atoms with E-state index in [1.165, 1.54) is 12.8 Å². The van der Waals surface area contributed by atoms with Crippen LogP contribution in [0.4, 0.5) is 0 Å². The minimum absolute atomic E-state index is 0.0182. The average molecular weight is 316 g/mol. The van der Waals surface area contributed by atoms with Crippen molar-refractivity contribution >= 4 is 11.8 Å². The molecule has 1 N–H and O–H groups in total. The lowest BCUT2D eigenvalue weighted by molar-refractivity contribution is -0.132. The zero-order valence-corrected chi connectivity index (χ0v) is 13.6. The van der Waals surface area contributed by atoms with Crippen LogP contribution >= 0.6 is 0 Å². The van der Waals surface area contributed by atoms with Gasteiger partial charge >= 0.3 is 0 Å². The molecule has 1 saturated carbocycles. The lowest BCUT2D eigenvalue weighted by Crippen LogP contribution is -2.48. The van der Waals surface area contributed by atoms with Crippen molar-refractivity contribution in [3.8, 4) is 5.75 Å². The Hall–Kier alpha value is -2.04. The molecule has 124 valence electrons. The van der Waals surface area contributed by atoms with Crippen molar-refractivity contribution in [3.05, 3.63) is 29.8 Å². The minimum atomic E-state index is -0.102. The highest BCUT2D eigenvalue weighted by molar-refractivity contribution is 5.95. The van der Waals surface area contributed by atoms with E-state index in [9.17, 15) is 9.59 Å². The lowest BCUT2D eigenvalue weighted by atomic mass is 10.0. The van der Waals surface area contributed by atoms with Gasteiger partial charge in [0.1, 0.15) is 5.75 Å². The number of benzene rings is 1. The van der Waals surface area contributed by atoms with E-state index in [0.29, 0.717) is 24.9 Å². The van der Waals surface area contributed by atoms with E-state index in [0.717, 1.165) is 18.6 Å². The maximum absolute atomic E-state index is 12.4. The van der Waals surface area contributed by atoms with Crippen molar-refractivity contribution < 1.29 is 14.3 Å². The zero-order valence-electron chi connectivity index (χ0n) is 13.6. The number of carbonyl (C=O) groups excluding carboxylic acids is 2. The number of rotatable bonds is 4. The smallest absolute Gasteiger partial charge is 0.251 e. The third-order valence-corrected chi connectivity index (χ3v) is 4.66. The lowest BCUT2D eigenvalue weighted by Gasteiger charge is -2.30. The molecular formula is C18H24N2O3. The quantitative estimate of drug-likeness (QED) is 0.927. The fourth-order valence-electron chi connectivity index (χ4n) is 3.31. The normalized spacial score (nSPS) is 22.2. The molecule has 5 nitrogen and oxygen atoms in total. The number of ether oxygens (including phenoxy) is 1. The predicted molar refractivity (Wildman–Crippen MR) is 87.5 cm³/mol. The van der Waals surface area contributed by atoms with Crippen LogP contribution in [-0.4, -0.2) is 42.5 Å². The number of hydrogen-bond donors (Lipinski definition) is 1. The number of amides is 2. The van der Waals surface area contributed by atoms with Gasteiger partial charge in [0.05, 0.1) is 6.10 Å². The van der Waals surface area contributed by atoms with E-state index in [2.05, 4.69) is 5.32 Å². The zero-order chi connectivity index (χ0) is 16.2. The third kappa shape index (κ3) is 4.03. The van der Waals surface area contributed by atoms with Crippen LogP contribution in [0, 0.1) is 0 Å². The summed E-state index contributed by atoms with van der Waals surface area (Å²) in [6.45, 7) is 0.572. The van der Waals surface area contributed by atoms with Gasteiger partial charge in [-0.05, 0) is 50.3 Å². The van der Waals surface area contributed by atoms with Gasteiger partial charge < -0.3 is 15.0 Å². The van der Waals surface area contributed by atoms with Crippen LogP contribution in [0.15, 0.2) is 24.3 Å². The van der Waals surface area contributed by atoms with Crippen LogP contribution < -0.4 is 10.1 Å². The van der Waals surface area contributed by atoms with Gasteiger partial charge in [-0.3, -0.25) is 9.59 Å². The molecule has 5 heteroatoms. The fourth-order valence-corrected chi connectivity index (χ4v) is 3.31. The molecule has 1 aliphatic carbocycles. The maximum Gasteiger partial charge on any atom is 0.251 e. The Morgan fingerprint density at radius 3 is 2.78 bits per heavy atom. The first kappa shape index (κ1) is 15.8. The van der Waals surface area contributed by atoms with Gasteiger partial charge in [0.2, 0.25) is 5.91 Å². The largest absolute Gasteiger partial charge is 0.490 e. The number of hydrogen-bond acceptors (Lipinski definition) is 3. The average Bonchev–Trinajstić information content (AvgIpc) is 3.04. The van der Waals surface area contributed by atoms with E-state index in [1.54, 1.807) is 18.0 Å². The number of likely N-dealkylation sites (tertiary alicyclic amines) is 1. The Labute approximate surface area is 137 Å². The molecule has 1 unspecified atom stereocenters. The molecule has 1 aromatic rings. The van der Waals surface area contributed by atoms with Crippen molar-refractivity contribution in [1.29, 1.82) is 0 Å². The summed E-state index contributed by atoms with van der Waals surface area (Å²) < 4.78 is 5.95. The molecule has 23 heavy (non-hydrogen) atoms. The van der Waals surface area contributed by atoms with Crippen LogP contribution in [0.3, 0.4) is 0 Å². The molecule has 3 rings (SSSR count). The summed E-state index contributed by atoms with van der Waals surface area (Å²) in [7, 11) is 1.77. The second-order valence-corrected chi connectivity index (χ2v) is 6.54. The first-order valence-corrected chi connectivity index (χ1v) is 8.43. The topological polar surface area (TPSA) is 58.6 Å². The molecule has 1 saturated heterocycles. The monoisotopic (exact) mass is 316 g/mol. The molecule has 2 amide bonds. The van der Waals surface area contributed by atoms with Crippen LogP contribution in [0.25, 0.3) is 0 Å². The third-order valence-electron chi connectivity index (χ3n) is 4.66. The molecule has 1 heterocycles. The van der Waals surface area contributed by atoms with Crippen LogP contribution in [-0.2, 0) is 4.79 Å². The molecule has 0 spiro atoms. The summed E-state index contributed by atoms with van der Waals surface area (Å²) in [6, 6.07) is 7.39. The fraction of sp³-hybridized carbons (Fsp3) is 0.556. The summed E-state index contributed by atoms with van der Waals surface area (Å²) in [5.41, 5.74) is 0.611. The molecule has 0 bridgehead atoms. The predicted octanol–water partition coefficient (Wildman–Crippen LogP) is 2.36. The van der Waals surface area contributed by atoms with Crippen molar-refractivity contribution in [2.75, 3.05) is 13.6 Å². The number of carbonyl (C=O) groups is 2. The molecule has 1 atom stereocenters. The van der Waals surface area contributed by atoms with Crippen molar-refractivity contribution in [1.82, 2.24) is 10.2 Å². The summed E-state index contributed by atoms with van der Waals surface area (Å²) in [4.78, 5) is 25.6. The van der Waals surface area contributed by atoms with Gasteiger partial charge in [0.25, 0.3) is 5.91 Å². The van der Waals surface area contributed by atoms with Crippen molar-refractivity contribution in [3.63, 3.8) is 0 Å². The standard InChI is InChI=1S/C18H24N2O3/c1-20-12-14(9-10-17(20)21)19-18(22)13-5-4-8-16(11-13)23-15-6-2-3-7-15/h4-5,8,11,14-15H,2-3,6-7,9-10,12H2,1H3,(H,19,22). The van der Waals surface area contributed by atoms with E-state index in [-0.39, 0.29) is 24.0 Å². The van der Waals surface area contributed by atoms with Crippen molar-refractivity contribution in [2.24, 2.45) is 0 Å². The molecular weight excluding hydrogens is 292 g/mol. The first-order chi connectivity index (χ1) is 11.1. The van der Waals surface area contributed by atoms with Crippen LogP contribution in [0.5, 0.6) is 5.75 Å². The summed E-state index contributed by atoms with van der Waals surface area (Å²) in [6.07, 6.45) is 6.11. The number of likely N-dealkylation sites (N-methyl/N-ethyl adjacent to an activating group) is 1. The molecule has 1 aromatic carbocycles. The van der Waals surface area contributed by atoms with Gasteiger partial charge in [0.15, 0.2) is 0 Å². The van der Waals surface area contributed by atoms with E-state index >= 15 is 0 Å². The minimum Gasteiger partial charge on any atom is -0.490 e. The van der Waals surface area contributed by atoms with Gasteiger partial charge in [-0.1, -0.05) is 6.07 Å². The van der Waals surface area contributed by atoms with E-state index < -0.39 is 0 Å². The highest BCUT2D eigenvalue weighted by Crippen LogP contribution is 2.24. The van der Waals surface area contributed by atoms with Crippen molar-refractivity contribution in [2.45, 2.75) is 50.7 Å². The summed E-state index contributed by atoms with van der Waals surface area (Å²) >= 11 is 0. The Bertz CT molecular complexity index is 581. The molecule has 0 aromatic heterocycles. The van der Waals surface area contributed by atoms with Gasteiger partial charge in [0, 0.05) is 31.6 Å². The number of nitrogens with zero attached hydrogens (tertiary/aromatic N) is 1. The SMILES string of the molecule is CN1CC(NC(=O)c2cccc(OC3CCCC3)c2)CCC1=O. The van der Waals surface area contributed by atoms with Crippen LogP contribution in [0.1, 0.15) is 48.9 Å². The number of nitrogens with one attached hydrogen (secondary N) is 1. The first-order valence-electron chi connectivity index (χ1n) is 8.43.